The van der Waals surface area contributed by atoms with E-state index in [1.165, 1.54) is 0 Å². The molecule has 5 nitrogen and oxygen atoms in total. The maximum Gasteiger partial charge on any atom is 0.325 e. The van der Waals surface area contributed by atoms with Crippen LogP contribution in [0.2, 0.25) is 0 Å². The number of benzene rings is 1. The van der Waals surface area contributed by atoms with E-state index in [0.29, 0.717) is 6.07 Å². The summed E-state index contributed by atoms with van der Waals surface area (Å²) >= 11 is 0. The molecule has 7 heteroatoms. The van der Waals surface area contributed by atoms with Crippen LogP contribution >= 0.6 is 0 Å². The van der Waals surface area contributed by atoms with Gasteiger partial charge in [-0.25, -0.2) is 8.78 Å². The normalized spacial score (nSPS) is 9.82. The van der Waals surface area contributed by atoms with E-state index in [0.717, 1.165) is 13.2 Å². The van der Waals surface area contributed by atoms with E-state index in [1.54, 1.807) is 0 Å². The van der Waals surface area contributed by atoms with Gasteiger partial charge >= 0.3 is 5.97 Å². The van der Waals surface area contributed by atoms with E-state index >= 15 is 0 Å². The Hall–Kier alpha value is -2.18. The largest absolute Gasteiger partial charge is 0.468 e. The number of hydrogen-bond acceptors (Lipinski definition) is 4. The molecule has 0 atom stereocenters. The second kappa shape index (κ2) is 5.24. The van der Waals surface area contributed by atoms with Crippen LogP contribution in [-0.2, 0) is 9.53 Å². The summed E-state index contributed by atoms with van der Waals surface area (Å²) < 4.78 is 30.3. The zero-order chi connectivity index (χ0) is 13.0. The van der Waals surface area contributed by atoms with Crippen molar-refractivity contribution in [3.8, 4) is 0 Å². The highest BCUT2D eigenvalue weighted by atomic mass is 19.1. The van der Waals surface area contributed by atoms with Gasteiger partial charge < -0.3 is 15.8 Å². The van der Waals surface area contributed by atoms with Crippen molar-refractivity contribution in [3.05, 3.63) is 29.3 Å². The molecule has 1 aromatic rings. The Morgan fingerprint density at radius 2 is 2.00 bits per heavy atom. The van der Waals surface area contributed by atoms with E-state index in [1.807, 2.05) is 0 Å². The lowest BCUT2D eigenvalue weighted by Crippen LogP contribution is -2.30. The predicted molar refractivity (Wildman–Crippen MR) is 55.1 cm³/mol. The first-order chi connectivity index (χ1) is 7.95. The molecule has 0 aliphatic carbocycles. The maximum absolute atomic E-state index is 13.2. The summed E-state index contributed by atoms with van der Waals surface area (Å²) in [5.74, 6) is -3.57. The molecular weight excluding hydrogens is 234 g/mol. The van der Waals surface area contributed by atoms with Crippen LogP contribution in [0.5, 0.6) is 0 Å². The Morgan fingerprint density at radius 1 is 1.35 bits per heavy atom. The third-order valence-electron chi connectivity index (χ3n) is 1.95. The summed E-state index contributed by atoms with van der Waals surface area (Å²) in [6.45, 7) is -0.411. The molecule has 0 fully saturated rings. The van der Waals surface area contributed by atoms with Gasteiger partial charge in [-0.3, -0.25) is 9.59 Å². The number of rotatable bonds is 3. The SMILES string of the molecule is COC(=O)CNC(=O)c1cc(N)c(F)cc1F. The number of nitrogens with two attached hydrogens (primary N) is 1. The van der Waals surface area contributed by atoms with Gasteiger partial charge in [-0.2, -0.15) is 0 Å². The number of esters is 1. The molecule has 0 spiro atoms. The van der Waals surface area contributed by atoms with Crippen LogP contribution in [-0.4, -0.2) is 25.5 Å². The maximum atomic E-state index is 13.2. The molecule has 0 bridgehead atoms. The summed E-state index contributed by atoms with van der Waals surface area (Å²) in [4.78, 5) is 22.2. The second-order valence-corrected chi connectivity index (χ2v) is 3.11. The third-order valence-corrected chi connectivity index (χ3v) is 1.95. The highest BCUT2D eigenvalue weighted by Crippen LogP contribution is 2.16. The van der Waals surface area contributed by atoms with Crippen molar-refractivity contribution in [1.82, 2.24) is 5.32 Å². The molecule has 0 aliphatic rings. The zero-order valence-electron chi connectivity index (χ0n) is 8.92. The number of carbonyl (C=O) groups excluding carboxylic acids is 2. The topological polar surface area (TPSA) is 81.4 Å². The second-order valence-electron chi connectivity index (χ2n) is 3.11. The van der Waals surface area contributed by atoms with E-state index in [9.17, 15) is 18.4 Å². The molecule has 0 aromatic heterocycles. The minimum absolute atomic E-state index is 0.352. The quantitative estimate of drug-likeness (QED) is 0.597. The first-order valence-corrected chi connectivity index (χ1v) is 4.55. The van der Waals surface area contributed by atoms with Crippen LogP contribution in [0.25, 0.3) is 0 Å². The van der Waals surface area contributed by atoms with Crippen molar-refractivity contribution in [2.45, 2.75) is 0 Å². The molecule has 1 aromatic carbocycles. The van der Waals surface area contributed by atoms with E-state index in [2.05, 4.69) is 10.1 Å². The molecule has 0 saturated heterocycles. The number of halogens is 2. The van der Waals surface area contributed by atoms with Crippen molar-refractivity contribution in [3.63, 3.8) is 0 Å². The van der Waals surface area contributed by atoms with Crippen molar-refractivity contribution in [1.29, 1.82) is 0 Å². The molecule has 0 heterocycles. The smallest absolute Gasteiger partial charge is 0.325 e. The molecule has 0 unspecified atom stereocenters. The lowest BCUT2D eigenvalue weighted by molar-refractivity contribution is -0.139. The highest BCUT2D eigenvalue weighted by molar-refractivity contribution is 5.96. The molecule has 92 valence electrons. The summed E-state index contributed by atoms with van der Waals surface area (Å²) in [6, 6.07) is 1.36. The van der Waals surface area contributed by atoms with Gasteiger partial charge in [-0.05, 0) is 6.07 Å². The average Bonchev–Trinajstić information content (AvgIpc) is 2.30. The molecule has 0 aliphatic heterocycles. The van der Waals surface area contributed by atoms with E-state index < -0.39 is 35.6 Å². The number of carbonyl (C=O) groups is 2. The minimum Gasteiger partial charge on any atom is -0.468 e. The first kappa shape index (κ1) is 12.9. The standard InChI is InChI=1S/C10H10F2N2O3/c1-17-9(15)4-14-10(16)5-2-8(13)7(12)3-6(5)11/h2-3H,4,13H2,1H3,(H,14,16). The third kappa shape index (κ3) is 3.13. The van der Waals surface area contributed by atoms with Crippen LogP contribution < -0.4 is 11.1 Å². The van der Waals surface area contributed by atoms with Crippen LogP contribution in [0.3, 0.4) is 0 Å². The summed E-state index contributed by atoms with van der Waals surface area (Å²) in [6.07, 6.45) is 0. The van der Waals surface area contributed by atoms with Gasteiger partial charge in [-0.1, -0.05) is 0 Å². The fourth-order valence-electron chi connectivity index (χ4n) is 1.06. The number of anilines is 1. The van der Waals surface area contributed by atoms with Gasteiger partial charge in [-0.15, -0.1) is 0 Å². The van der Waals surface area contributed by atoms with Crippen LogP contribution in [0, 0.1) is 11.6 Å². The van der Waals surface area contributed by atoms with Crippen molar-refractivity contribution in [2.75, 3.05) is 19.4 Å². The fourth-order valence-corrected chi connectivity index (χ4v) is 1.06. The lowest BCUT2D eigenvalue weighted by Gasteiger charge is -2.06. The summed E-state index contributed by atoms with van der Waals surface area (Å²) in [5.41, 5.74) is 4.41. The van der Waals surface area contributed by atoms with E-state index in [-0.39, 0.29) is 5.69 Å². The molecular formula is C10H10F2N2O3. The Bertz CT molecular complexity index is 463. The van der Waals surface area contributed by atoms with Crippen LogP contribution in [0.4, 0.5) is 14.5 Å². The Kier molecular flexibility index (Phi) is 3.97. The van der Waals surface area contributed by atoms with Gasteiger partial charge in [0, 0.05) is 6.07 Å². The van der Waals surface area contributed by atoms with Gasteiger partial charge in [0.25, 0.3) is 5.91 Å². The molecule has 1 rings (SSSR count). The Balaban J connectivity index is 2.82. The fraction of sp³-hybridized carbons (Fsp3) is 0.200. The molecule has 1 amide bonds. The van der Waals surface area contributed by atoms with Crippen molar-refractivity contribution < 1.29 is 23.1 Å². The Labute approximate surface area is 95.5 Å². The molecule has 3 N–H and O–H groups in total. The number of methoxy groups -OCH3 is 1. The van der Waals surface area contributed by atoms with Gasteiger partial charge in [0.1, 0.15) is 18.2 Å². The zero-order valence-corrected chi connectivity index (χ0v) is 8.92. The number of ether oxygens (including phenoxy) is 1. The van der Waals surface area contributed by atoms with Gasteiger partial charge in [0.05, 0.1) is 18.4 Å². The molecule has 0 saturated carbocycles. The summed E-state index contributed by atoms with van der Waals surface area (Å²) in [5, 5.41) is 2.11. The minimum atomic E-state index is -1.06. The Morgan fingerprint density at radius 3 is 2.59 bits per heavy atom. The number of hydrogen-bond donors (Lipinski definition) is 2. The predicted octanol–water partition coefficient (Wildman–Crippen LogP) is 0.450. The number of amides is 1. The first-order valence-electron chi connectivity index (χ1n) is 4.55. The van der Waals surface area contributed by atoms with Crippen molar-refractivity contribution >= 4 is 17.6 Å². The summed E-state index contributed by atoms with van der Waals surface area (Å²) in [7, 11) is 1.14. The van der Waals surface area contributed by atoms with Crippen molar-refractivity contribution in [2.24, 2.45) is 0 Å². The highest BCUT2D eigenvalue weighted by Gasteiger charge is 2.15. The number of nitrogen functional groups attached to an aromatic ring is 1. The van der Waals surface area contributed by atoms with Crippen LogP contribution in [0.15, 0.2) is 12.1 Å². The number of nitrogens with one attached hydrogen (secondary N) is 1. The average molecular weight is 244 g/mol. The van der Waals surface area contributed by atoms with E-state index in [4.69, 9.17) is 5.73 Å². The molecule has 17 heavy (non-hydrogen) atoms. The monoisotopic (exact) mass is 244 g/mol. The lowest BCUT2D eigenvalue weighted by atomic mass is 10.1. The molecule has 0 radical (unpaired) electrons. The van der Waals surface area contributed by atoms with Crippen LogP contribution in [0.1, 0.15) is 10.4 Å². The van der Waals surface area contributed by atoms with Gasteiger partial charge in [0.15, 0.2) is 0 Å². The van der Waals surface area contributed by atoms with Gasteiger partial charge in [0.2, 0.25) is 0 Å².